The van der Waals surface area contributed by atoms with Crippen molar-refractivity contribution >= 4 is 0 Å². The van der Waals surface area contributed by atoms with Gasteiger partial charge in [-0.05, 0) is 25.9 Å². The van der Waals surface area contributed by atoms with E-state index in [0.29, 0.717) is 0 Å². The molecule has 0 bridgehead atoms. The Balaban J connectivity index is 2.26. The van der Waals surface area contributed by atoms with Gasteiger partial charge in [-0.25, -0.2) is 0 Å². The van der Waals surface area contributed by atoms with Crippen LogP contribution in [0, 0.1) is 5.92 Å². The summed E-state index contributed by atoms with van der Waals surface area (Å²) in [7, 11) is 2.20. The number of likely N-dealkylation sites (tertiary alicyclic amines) is 1. The molecule has 0 saturated carbocycles. The van der Waals surface area contributed by atoms with Gasteiger partial charge in [0.05, 0.1) is 0 Å². The van der Waals surface area contributed by atoms with Crippen molar-refractivity contribution in [1.29, 1.82) is 0 Å². The van der Waals surface area contributed by atoms with Crippen molar-refractivity contribution in [2.45, 2.75) is 26.3 Å². The van der Waals surface area contributed by atoms with Crippen molar-refractivity contribution in [2.24, 2.45) is 5.92 Å². The minimum Gasteiger partial charge on any atom is -0.303 e. The molecule has 1 rings (SSSR count). The Morgan fingerprint density at radius 3 is 2.12 bits per heavy atom. The van der Waals surface area contributed by atoms with Gasteiger partial charge >= 0.3 is 0 Å². The molecular formula is C7H15N. The molecule has 0 amide bonds. The average molecular weight is 113 g/mol. The summed E-state index contributed by atoms with van der Waals surface area (Å²) in [6, 6.07) is 0.884. The van der Waals surface area contributed by atoms with Gasteiger partial charge in [-0.2, -0.15) is 0 Å². The summed E-state index contributed by atoms with van der Waals surface area (Å²) in [5.74, 6) is 0.855. The zero-order valence-corrected chi connectivity index (χ0v) is 6.02. The topological polar surface area (TPSA) is 3.24 Å². The first-order chi connectivity index (χ1) is 3.72. The van der Waals surface area contributed by atoms with Crippen LogP contribution in [0.2, 0.25) is 0 Å². The Kier molecular flexibility index (Phi) is 1.57. The van der Waals surface area contributed by atoms with E-state index in [4.69, 9.17) is 0 Å². The van der Waals surface area contributed by atoms with Crippen LogP contribution in [0.3, 0.4) is 0 Å². The highest BCUT2D eigenvalue weighted by Crippen LogP contribution is 2.21. The molecule has 0 spiro atoms. The average Bonchev–Trinajstić information content (AvgIpc) is 1.61. The molecular weight excluding hydrogens is 98.1 g/mol. The van der Waals surface area contributed by atoms with E-state index < -0.39 is 0 Å². The molecule has 0 aromatic heterocycles. The first-order valence-corrected chi connectivity index (χ1v) is 3.42. The highest BCUT2D eigenvalue weighted by molar-refractivity contribution is 4.81. The molecule has 1 aliphatic heterocycles. The molecule has 1 aliphatic rings. The van der Waals surface area contributed by atoms with Crippen LogP contribution in [0.1, 0.15) is 20.3 Å². The maximum atomic E-state index is 2.42. The van der Waals surface area contributed by atoms with Crippen molar-refractivity contribution in [2.75, 3.05) is 13.6 Å². The second-order valence-electron chi connectivity index (χ2n) is 3.08. The lowest BCUT2D eigenvalue weighted by atomic mass is 9.93. The maximum Gasteiger partial charge on any atom is 0.0127 e. The van der Waals surface area contributed by atoms with Gasteiger partial charge in [0, 0.05) is 6.04 Å². The summed E-state index contributed by atoms with van der Waals surface area (Å²) >= 11 is 0. The van der Waals surface area contributed by atoms with Crippen LogP contribution in [0.25, 0.3) is 0 Å². The number of hydrogen-bond donors (Lipinski definition) is 0. The van der Waals surface area contributed by atoms with Crippen LogP contribution < -0.4 is 0 Å². The van der Waals surface area contributed by atoms with Gasteiger partial charge < -0.3 is 4.90 Å². The first kappa shape index (κ1) is 6.09. The summed E-state index contributed by atoms with van der Waals surface area (Å²) in [6.07, 6.45) is 1.41. The van der Waals surface area contributed by atoms with Crippen LogP contribution in [0.15, 0.2) is 0 Å². The summed E-state index contributed by atoms with van der Waals surface area (Å²) in [4.78, 5) is 2.42. The Bertz CT molecular complexity index is 73.7. The van der Waals surface area contributed by atoms with Gasteiger partial charge in [-0.15, -0.1) is 0 Å². The maximum absolute atomic E-state index is 2.42. The normalized spacial score (nSPS) is 30.8. The largest absolute Gasteiger partial charge is 0.303 e. The van der Waals surface area contributed by atoms with Crippen molar-refractivity contribution in [3.8, 4) is 0 Å². The van der Waals surface area contributed by atoms with Crippen LogP contribution in [-0.2, 0) is 0 Å². The number of rotatable bonds is 1. The molecule has 0 radical (unpaired) electrons. The fourth-order valence-corrected chi connectivity index (χ4v) is 1.38. The van der Waals surface area contributed by atoms with E-state index in [-0.39, 0.29) is 0 Å². The SMILES string of the molecule is CC(C)C1CCN1C. The molecule has 8 heavy (non-hydrogen) atoms. The van der Waals surface area contributed by atoms with E-state index in [1.165, 1.54) is 13.0 Å². The molecule has 1 saturated heterocycles. The Morgan fingerprint density at radius 2 is 2.12 bits per heavy atom. The second-order valence-corrected chi connectivity index (χ2v) is 3.08. The zero-order chi connectivity index (χ0) is 6.15. The van der Waals surface area contributed by atoms with Gasteiger partial charge in [0.25, 0.3) is 0 Å². The van der Waals surface area contributed by atoms with E-state index >= 15 is 0 Å². The van der Waals surface area contributed by atoms with Crippen molar-refractivity contribution in [3.05, 3.63) is 0 Å². The first-order valence-electron chi connectivity index (χ1n) is 3.42. The van der Waals surface area contributed by atoms with E-state index in [2.05, 4.69) is 25.8 Å². The van der Waals surface area contributed by atoms with Crippen LogP contribution in [-0.4, -0.2) is 24.5 Å². The molecule has 1 nitrogen and oxygen atoms in total. The van der Waals surface area contributed by atoms with Crippen LogP contribution in [0.4, 0.5) is 0 Å². The van der Waals surface area contributed by atoms with Gasteiger partial charge in [-0.1, -0.05) is 13.8 Å². The monoisotopic (exact) mass is 113 g/mol. The van der Waals surface area contributed by atoms with Crippen LogP contribution in [0.5, 0.6) is 0 Å². The van der Waals surface area contributed by atoms with Gasteiger partial charge in [0.1, 0.15) is 0 Å². The molecule has 1 fully saturated rings. The van der Waals surface area contributed by atoms with Gasteiger partial charge in [0.15, 0.2) is 0 Å². The summed E-state index contributed by atoms with van der Waals surface area (Å²) in [5, 5.41) is 0. The fraction of sp³-hybridized carbons (Fsp3) is 1.00. The molecule has 48 valence electrons. The van der Waals surface area contributed by atoms with E-state index in [0.717, 1.165) is 12.0 Å². The standard InChI is InChI=1S/C7H15N/c1-6(2)7-4-5-8(7)3/h6-7H,4-5H2,1-3H3. The number of nitrogens with zero attached hydrogens (tertiary/aromatic N) is 1. The summed E-state index contributed by atoms with van der Waals surface area (Å²) in [5.41, 5.74) is 0. The quantitative estimate of drug-likeness (QED) is 0.496. The molecule has 1 atom stereocenters. The molecule has 0 aliphatic carbocycles. The minimum atomic E-state index is 0.855. The lowest BCUT2D eigenvalue weighted by Gasteiger charge is -2.40. The van der Waals surface area contributed by atoms with Crippen LogP contribution >= 0.6 is 0 Å². The van der Waals surface area contributed by atoms with E-state index in [1.807, 2.05) is 0 Å². The molecule has 1 heteroatoms. The third-order valence-corrected chi connectivity index (χ3v) is 2.11. The lowest BCUT2D eigenvalue weighted by molar-refractivity contribution is 0.0867. The number of hydrogen-bond acceptors (Lipinski definition) is 1. The Morgan fingerprint density at radius 1 is 1.50 bits per heavy atom. The van der Waals surface area contributed by atoms with E-state index in [1.54, 1.807) is 0 Å². The van der Waals surface area contributed by atoms with Crippen molar-refractivity contribution in [1.82, 2.24) is 4.90 Å². The van der Waals surface area contributed by atoms with Gasteiger partial charge in [-0.3, -0.25) is 0 Å². The van der Waals surface area contributed by atoms with Gasteiger partial charge in [0.2, 0.25) is 0 Å². The molecule has 0 aromatic carbocycles. The minimum absolute atomic E-state index is 0.855. The zero-order valence-electron chi connectivity index (χ0n) is 6.02. The van der Waals surface area contributed by atoms with E-state index in [9.17, 15) is 0 Å². The van der Waals surface area contributed by atoms with Crippen molar-refractivity contribution in [3.63, 3.8) is 0 Å². The Hall–Kier alpha value is -0.0400. The second kappa shape index (κ2) is 2.06. The highest BCUT2D eigenvalue weighted by atomic mass is 15.2. The fourth-order valence-electron chi connectivity index (χ4n) is 1.38. The summed E-state index contributed by atoms with van der Waals surface area (Å²) in [6.45, 7) is 5.89. The third-order valence-electron chi connectivity index (χ3n) is 2.11. The predicted molar refractivity (Wildman–Crippen MR) is 35.9 cm³/mol. The van der Waals surface area contributed by atoms with Crippen molar-refractivity contribution < 1.29 is 0 Å². The smallest absolute Gasteiger partial charge is 0.0127 e. The summed E-state index contributed by atoms with van der Waals surface area (Å²) < 4.78 is 0. The highest BCUT2D eigenvalue weighted by Gasteiger charge is 2.26. The molecule has 1 heterocycles. The molecule has 0 N–H and O–H groups in total. The molecule has 0 aromatic rings. The Labute approximate surface area is 51.7 Å². The third kappa shape index (κ3) is 0.873. The molecule has 1 unspecified atom stereocenters. The lowest BCUT2D eigenvalue weighted by Crippen LogP contribution is -2.47. The predicted octanol–water partition coefficient (Wildman–Crippen LogP) is 1.35.